The lowest BCUT2D eigenvalue weighted by Crippen LogP contribution is -2.30. The molecule has 1 atom stereocenters. The van der Waals surface area contributed by atoms with Crippen LogP contribution < -0.4 is 5.32 Å². The van der Waals surface area contributed by atoms with Gasteiger partial charge in [0.1, 0.15) is 5.92 Å². The standard InChI is InChI=1S/C13H13N3O4/c1-7-10(13(17)18)11(9-3-5-14-6-4-9)12(16(19)20)8(2)15-7/h3-6,11,15H,1-2H3,(H,17,18). The predicted octanol–water partition coefficient (Wildman–Crippen LogP) is 1.64. The van der Waals surface area contributed by atoms with Crippen LogP contribution in [0.15, 0.2) is 47.2 Å². The smallest absolute Gasteiger partial charge is 0.334 e. The molecule has 104 valence electrons. The average molecular weight is 275 g/mol. The van der Waals surface area contributed by atoms with Crippen LogP contribution in [0.2, 0.25) is 0 Å². The summed E-state index contributed by atoms with van der Waals surface area (Å²) in [5.74, 6) is -2.09. The minimum Gasteiger partial charge on any atom is -0.478 e. The zero-order valence-electron chi connectivity index (χ0n) is 11.0. The van der Waals surface area contributed by atoms with E-state index in [0.29, 0.717) is 17.0 Å². The molecular formula is C13H13N3O4. The van der Waals surface area contributed by atoms with Crippen LogP contribution in [-0.4, -0.2) is 21.0 Å². The number of carboxylic acid groups (broad SMARTS) is 1. The lowest BCUT2D eigenvalue weighted by Gasteiger charge is -2.25. The summed E-state index contributed by atoms with van der Waals surface area (Å²) in [7, 11) is 0. The Morgan fingerprint density at radius 1 is 1.35 bits per heavy atom. The maximum Gasteiger partial charge on any atom is 0.334 e. The molecule has 0 bridgehead atoms. The molecule has 1 aliphatic rings. The maximum atomic E-state index is 11.5. The van der Waals surface area contributed by atoms with Crippen molar-refractivity contribution < 1.29 is 14.8 Å². The van der Waals surface area contributed by atoms with Crippen molar-refractivity contribution in [3.8, 4) is 0 Å². The van der Waals surface area contributed by atoms with Crippen molar-refractivity contribution in [2.24, 2.45) is 0 Å². The quantitative estimate of drug-likeness (QED) is 0.641. The van der Waals surface area contributed by atoms with Crippen LogP contribution in [0.4, 0.5) is 0 Å². The molecule has 1 aliphatic heterocycles. The molecular weight excluding hydrogens is 262 g/mol. The number of nitrogens with one attached hydrogen (secondary N) is 1. The SMILES string of the molecule is CC1=C(C(=O)O)C(c2ccncc2)C([N+](=O)[O-])=C(C)N1. The molecule has 1 unspecified atom stereocenters. The molecule has 0 saturated carbocycles. The summed E-state index contributed by atoms with van der Waals surface area (Å²) < 4.78 is 0. The molecule has 0 aliphatic carbocycles. The second-order valence-electron chi connectivity index (χ2n) is 4.45. The van der Waals surface area contributed by atoms with Gasteiger partial charge in [-0.25, -0.2) is 4.79 Å². The Hall–Kier alpha value is -2.70. The van der Waals surface area contributed by atoms with E-state index in [2.05, 4.69) is 10.3 Å². The van der Waals surface area contributed by atoms with Gasteiger partial charge in [0.25, 0.3) is 5.70 Å². The van der Waals surface area contributed by atoms with E-state index in [1.54, 1.807) is 26.0 Å². The van der Waals surface area contributed by atoms with Gasteiger partial charge in [0.05, 0.1) is 16.2 Å². The molecule has 2 heterocycles. The fourth-order valence-corrected chi connectivity index (χ4v) is 2.39. The topological polar surface area (TPSA) is 105 Å². The van der Waals surface area contributed by atoms with Gasteiger partial charge in [0.2, 0.25) is 0 Å². The van der Waals surface area contributed by atoms with E-state index in [-0.39, 0.29) is 11.3 Å². The highest BCUT2D eigenvalue weighted by atomic mass is 16.6. The van der Waals surface area contributed by atoms with E-state index in [0.717, 1.165) is 0 Å². The van der Waals surface area contributed by atoms with Crippen molar-refractivity contribution in [1.29, 1.82) is 0 Å². The van der Waals surface area contributed by atoms with E-state index >= 15 is 0 Å². The third kappa shape index (κ3) is 2.25. The second kappa shape index (κ2) is 5.12. The van der Waals surface area contributed by atoms with E-state index in [9.17, 15) is 20.0 Å². The van der Waals surface area contributed by atoms with Gasteiger partial charge < -0.3 is 10.4 Å². The monoisotopic (exact) mass is 275 g/mol. The second-order valence-corrected chi connectivity index (χ2v) is 4.45. The highest BCUT2D eigenvalue weighted by Crippen LogP contribution is 2.37. The number of hydrogen-bond acceptors (Lipinski definition) is 5. The first-order valence-corrected chi connectivity index (χ1v) is 5.89. The minimum atomic E-state index is -1.18. The number of dihydropyridines is 1. The van der Waals surface area contributed by atoms with E-state index in [4.69, 9.17) is 0 Å². The van der Waals surface area contributed by atoms with Gasteiger partial charge >= 0.3 is 5.97 Å². The molecule has 0 aromatic carbocycles. The number of hydrogen-bond donors (Lipinski definition) is 2. The van der Waals surface area contributed by atoms with Gasteiger partial charge in [-0.1, -0.05) is 0 Å². The molecule has 7 heteroatoms. The first-order valence-electron chi connectivity index (χ1n) is 5.89. The maximum absolute atomic E-state index is 11.5. The number of allylic oxidation sites excluding steroid dienone is 3. The van der Waals surface area contributed by atoms with Crippen molar-refractivity contribution in [2.75, 3.05) is 0 Å². The number of rotatable bonds is 3. The lowest BCUT2D eigenvalue weighted by atomic mass is 9.84. The fourth-order valence-electron chi connectivity index (χ4n) is 2.39. The summed E-state index contributed by atoms with van der Waals surface area (Å²) in [6.45, 7) is 3.16. The van der Waals surface area contributed by atoms with Gasteiger partial charge in [-0.05, 0) is 31.5 Å². The number of pyridine rings is 1. The summed E-state index contributed by atoms with van der Waals surface area (Å²) in [4.78, 5) is 26.1. The molecule has 0 radical (unpaired) electrons. The van der Waals surface area contributed by atoms with Gasteiger partial charge in [-0.2, -0.15) is 0 Å². The van der Waals surface area contributed by atoms with Crippen molar-refractivity contribution in [2.45, 2.75) is 19.8 Å². The van der Waals surface area contributed by atoms with Crippen molar-refractivity contribution in [3.63, 3.8) is 0 Å². The van der Waals surface area contributed by atoms with Crippen LogP contribution in [0.3, 0.4) is 0 Å². The third-order valence-corrected chi connectivity index (χ3v) is 3.19. The number of carbonyl (C=O) groups is 1. The van der Waals surface area contributed by atoms with Gasteiger partial charge in [0, 0.05) is 18.1 Å². The number of carboxylic acids is 1. The summed E-state index contributed by atoms with van der Waals surface area (Å²) in [6.07, 6.45) is 2.97. The Morgan fingerprint density at radius 3 is 2.45 bits per heavy atom. The van der Waals surface area contributed by atoms with E-state index in [1.165, 1.54) is 12.4 Å². The van der Waals surface area contributed by atoms with Crippen LogP contribution in [-0.2, 0) is 4.79 Å². The largest absolute Gasteiger partial charge is 0.478 e. The van der Waals surface area contributed by atoms with E-state index < -0.39 is 16.8 Å². The Morgan fingerprint density at radius 2 is 1.95 bits per heavy atom. The number of nitro groups is 1. The summed E-state index contributed by atoms with van der Waals surface area (Å²) in [6, 6.07) is 3.17. The molecule has 20 heavy (non-hydrogen) atoms. The van der Waals surface area contributed by atoms with Crippen molar-refractivity contribution in [3.05, 3.63) is 62.9 Å². The fraction of sp³-hybridized carbons (Fsp3) is 0.231. The molecule has 2 N–H and O–H groups in total. The number of aromatic nitrogens is 1. The first kappa shape index (κ1) is 13.7. The predicted molar refractivity (Wildman–Crippen MR) is 70.1 cm³/mol. The van der Waals surface area contributed by atoms with Crippen molar-refractivity contribution in [1.82, 2.24) is 10.3 Å². The zero-order chi connectivity index (χ0) is 14.9. The molecule has 2 rings (SSSR count). The molecule has 7 nitrogen and oxygen atoms in total. The Balaban J connectivity index is 2.67. The van der Waals surface area contributed by atoms with Gasteiger partial charge in [0.15, 0.2) is 0 Å². The van der Waals surface area contributed by atoms with Crippen molar-refractivity contribution >= 4 is 5.97 Å². The summed E-state index contributed by atoms with van der Waals surface area (Å²) >= 11 is 0. The Bertz CT molecular complexity index is 598. The van der Waals surface area contributed by atoms with Crippen LogP contribution in [0, 0.1) is 10.1 Å². The Labute approximate surface area is 114 Å². The molecule has 1 aromatic rings. The highest BCUT2D eigenvalue weighted by molar-refractivity contribution is 5.90. The van der Waals surface area contributed by atoms with Gasteiger partial charge in [-0.15, -0.1) is 0 Å². The third-order valence-electron chi connectivity index (χ3n) is 3.19. The number of aliphatic carboxylic acids is 1. The number of nitrogens with zero attached hydrogens (tertiary/aromatic N) is 2. The lowest BCUT2D eigenvalue weighted by molar-refractivity contribution is -0.431. The summed E-state index contributed by atoms with van der Waals surface area (Å²) in [5, 5.41) is 23.4. The van der Waals surface area contributed by atoms with E-state index in [1.807, 2.05) is 0 Å². The average Bonchev–Trinajstić information content (AvgIpc) is 2.37. The van der Waals surface area contributed by atoms with Crippen LogP contribution in [0.1, 0.15) is 25.3 Å². The molecule has 1 aromatic heterocycles. The minimum absolute atomic E-state index is 0.0199. The molecule has 0 amide bonds. The van der Waals surface area contributed by atoms with Crippen LogP contribution >= 0.6 is 0 Å². The first-order chi connectivity index (χ1) is 9.43. The van der Waals surface area contributed by atoms with Crippen LogP contribution in [0.5, 0.6) is 0 Å². The normalized spacial score (nSPS) is 18.8. The zero-order valence-corrected chi connectivity index (χ0v) is 11.0. The Kier molecular flexibility index (Phi) is 3.51. The van der Waals surface area contributed by atoms with Crippen LogP contribution in [0.25, 0.3) is 0 Å². The molecule has 0 fully saturated rings. The van der Waals surface area contributed by atoms with Gasteiger partial charge in [-0.3, -0.25) is 15.1 Å². The summed E-state index contributed by atoms with van der Waals surface area (Å²) in [5.41, 5.74) is 1.11. The molecule has 0 saturated heterocycles. The highest BCUT2D eigenvalue weighted by Gasteiger charge is 2.40. The molecule has 0 spiro atoms.